The number of carbonyl (C=O) groups is 1. The van der Waals surface area contributed by atoms with Crippen LogP contribution in [-0.2, 0) is 20.3 Å². The van der Waals surface area contributed by atoms with E-state index in [0.717, 1.165) is 10.4 Å². The predicted molar refractivity (Wildman–Crippen MR) is 92.1 cm³/mol. The number of amides is 1. The van der Waals surface area contributed by atoms with Crippen LogP contribution in [0, 0.1) is 11.6 Å². The van der Waals surface area contributed by atoms with Crippen LogP contribution in [0.2, 0.25) is 0 Å². The number of carbonyl (C=O) groups excluding carboxylic acids is 1. The first-order chi connectivity index (χ1) is 11.8. The number of guanidine groups is 1. The molecule has 0 aliphatic carbocycles. The average molecular weight is 389 g/mol. The zero-order valence-corrected chi connectivity index (χ0v) is 15.9. The van der Waals surface area contributed by atoms with Gasteiger partial charge in [0.1, 0.15) is 5.60 Å². The van der Waals surface area contributed by atoms with Crippen LogP contribution in [-0.4, -0.2) is 43.2 Å². The highest BCUT2D eigenvalue weighted by Crippen LogP contribution is 2.30. The first-order valence-corrected chi connectivity index (χ1v) is 9.37. The van der Waals surface area contributed by atoms with Crippen molar-refractivity contribution < 1.29 is 26.7 Å². The Morgan fingerprint density at radius 1 is 1.35 bits per heavy atom. The topological polar surface area (TPSA) is 88.1 Å². The lowest BCUT2D eigenvalue weighted by atomic mass is 9.93. The minimum Gasteiger partial charge on any atom is -0.442 e. The zero-order valence-electron chi connectivity index (χ0n) is 15.1. The monoisotopic (exact) mass is 389 g/mol. The molecule has 1 saturated heterocycles. The van der Waals surface area contributed by atoms with E-state index < -0.39 is 44.6 Å². The molecule has 10 heteroatoms. The summed E-state index contributed by atoms with van der Waals surface area (Å²) in [5.74, 6) is -3.16. The standard InChI is InChI=1S/C16H21F2N3O4S/c1-15(2,3)25-14(22)19-13-20-16(4,9-26(23,24)21(13)5)10-7-6-8-11(17)12(10)18/h6-8H,9H2,1-5H3,(H,19,20,22)/t16-/m0/s1. The molecular weight excluding hydrogens is 368 g/mol. The molecule has 1 aliphatic heterocycles. The number of ether oxygens (including phenoxy) is 1. The highest BCUT2D eigenvalue weighted by atomic mass is 32.2. The van der Waals surface area contributed by atoms with Crippen molar-refractivity contribution in [2.45, 2.75) is 38.8 Å². The number of benzene rings is 1. The van der Waals surface area contributed by atoms with Crippen LogP contribution >= 0.6 is 0 Å². The van der Waals surface area contributed by atoms with Crippen molar-refractivity contribution in [2.24, 2.45) is 4.99 Å². The first kappa shape index (κ1) is 20.1. The smallest absolute Gasteiger partial charge is 0.437 e. The van der Waals surface area contributed by atoms with Gasteiger partial charge >= 0.3 is 6.09 Å². The quantitative estimate of drug-likeness (QED) is 0.797. The van der Waals surface area contributed by atoms with E-state index in [-0.39, 0.29) is 11.5 Å². The molecule has 1 aromatic rings. The normalized spacial score (nSPS) is 24.3. The number of aliphatic imine (C=N–C) groups is 1. The lowest BCUT2D eigenvalue weighted by Crippen LogP contribution is -2.61. The summed E-state index contributed by atoms with van der Waals surface area (Å²) in [5.41, 5.74) is -2.55. The molecule has 2 rings (SSSR count). The Balaban J connectivity index is 2.49. The van der Waals surface area contributed by atoms with Crippen LogP contribution in [0.3, 0.4) is 0 Å². The van der Waals surface area contributed by atoms with Crippen LogP contribution in [0.4, 0.5) is 13.6 Å². The third kappa shape index (κ3) is 4.12. The molecule has 1 amide bonds. The number of halogens is 2. The molecule has 0 radical (unpaired) electrons. The number of rotatable bonds is 1. The minimum absolute atomic E-state index is 0.189. The predicted octanol–water partition coefficient (Wildman–Crippen LogP) is 2.34. The molecule has 26 heavy (non-hydrogen) atoms. The van der Waals surface area contributed by atoms with E-state index in [0.29, 0.717) is 0 Å². The Morgan fingerprint density at radius 2 is 1.96 bits per heavy atom. The maximum atomic E-state index is 14.2. The van der Waals surface area contributed by atoms with Gasteiger partial charge < -0.3 is 10.1 Å². The molecule has 7 nitrogen and oxygen atoms in total. The van der Waals surface area contributed by atoms with E-state index in [9.17, 15) is 22.0 Å². The SMILES string of the molecule is CN1/C(=N/C(=O)OC(C)(C)C)N[C@](C)(c2cccc(F)c2F)CS1(=O)=O. The van der Waals surface area contributed by atoms with Crippen LogP contribution in [0.25, 0.3) is 0 Å². The molecule has 0 bridgehead atoms. The summed E-state index contributed by atoms with van der Waals surface area (Å²) in [5, 5.41) is 2.73. The molecule has 1 N–H and O–H groups in total. The fraction of sp³-hybridized carbons (Fsp3) is 0.500. The number of hydrogen-bond donors (Lipinski definition) is 1. The summed E-state index contributed by atoms with van der Waals surface area (Å²) < 4.78 is 58.6. The van der Waals surface area contributed by atoms with Gasteiger partial charge in [-0.3, -0.25) is 0 Å². The van der Waals surface area contributed by atoms with Gasteiger partial charge in [0.2, 0.25) is 16.0 Å². The van der Waals surface area contributed by atoms with Gasteiger partial charge in [-0.25, -0.2) is 26.3 Å². The van der Waals surface area contributed by atoms with E-state index in [1.807, 2.05) is 0 Å². The van der Waals surface area contributed by atoms with Crippen LogP contribution in [0.15, 0.2) is 23.2 Å². The van der Waals surface area contributed by atoms with Gasteiger partial charge in [-0.15, -0.1) is 4.99 Å². The van der Waals surface area contributed by atoms with Gasteiger partial charge in [0.05, 0.1) is 11.3 Å². The summed E-state index contributed by atoms with van der Waals surface area (Å²) >= 11 is 0. The van der Waals surface area contributed by atoms with Crippen molar-refractivity contribution in [3.63, 3.8) is 0 Å². The molecule has 1 heterocycles. The van der Waals surface area contributed by atoms with Gasteiger partial charge in [-0.2, -0.15) is 0 Å². The number of nitrogens with one attached hydrogen (secondary N) is 1. The Labute approximate surface area is 151 Å². The van der Waals surface area contributed by atoms with Gasteiger partial charge in [0, 0.05) is 12.6 Å². The second kappa shape index (κ2) is 6.49. The molecule has 0 saturated carbocycles. The maximum absolute atomic E-state index is 14.2. The average Bonchev–Trinajstić information content (AvgIpc) is 2.44. The molecule has 1 aliphatic rings. The van der Waals surface area contributed by atoms with Gasteiger partial charge in [-0.05, 0) is 33.8 Å². The highest BCUT2D eigenvalue weighted by molar-refractivity contribution is 7.89. The van der Waals surface area contributed by atoms with E-state index in [2.05, 4.69) is 10.3 Å². The Hall–Kier alpha value is -2.23. The summed E-state index contributed by atoms with van der Waals surface area (Å²) in [6.07, 6.45) is -1.01. The van der Waals surface area contributed by atoms with E-state index >= 15 is 0 Å². The molecule has 1 fully saturated rings. The van der Waals surface area contributed by atoms with Crippen molar-refractivity contribution in [1.82, 2.24) is 9.62 Å². The Bertz CT molecular complexity index is 865. The largest absolute Gasteiger partial charge is 0.442 e. The van der Waals surface area contributed by atoms with Gasteiger partial charge in [0.15, 0.2) is 11.6 Å². The van der Waals surface area contributed by atoms with Crippen molar-refractivity contribution in [3.05, 3.63) is 35.4 Å². The van der Waals surface area contributed by atoms with E-state index in [4.69, 9.17) is 4.74 Å². The molecule has 0 unspecified atom stereocenters. The Morgan fingerprint density at radius 3 is 2.54 bits per heavy atom. The number of sulfonamides is 1. The second-order valence-corrected chi connectivity index (χ2v) is 9.20. The van der Waals surface area contributed by atoms with Crippen LogP contribution in [0.5, 0.6) is 0 Å². The highest BCUT2D eigenvalue weighted by Gasteiger charge is 2.44. The van der Waals surface area contributed by atoms with Crippen molar-refractivity contribution in [2.75, 3.05) is 12.8 Å². The summed E-state index contributed by atoms with van der Waals surface area (Å²) in [6, 6.07) is 3.48. The zero-order chi connectivity index (χ0) is 19.9. The second-order valence-electron chi connectivity index (χ2n) is 7.20. The number of nitrogens with zero attached hydrogens (tertiary/aromatic N) is 2. The maximum Gasteiger partial charge on any atom is 0.437 e. The Kier molecular flexibility index (Phi) is 5.02. The van der Waals surface area contributed by atoms with Crippen LogP contribution in [0.1, 0.15) is 33.3 Å². The lowest BCUT2D eigenvalue weighted by Gasteiger charge is -2.40. The molecular formula is C16H21F2N3O4S. The summed E-state index contributed by atoms with van der Waals surface area (Å²) in [4.78, 5) is 15.6. The number of hydrogen-bond acceptors (Lipinski definition) is 4. The van der Waals surface area contributed by atoms with Gasteiger partial charge in [0.25, 0.3) is 0 Å². The fourth-order valence-corrected chi connectivity index (χ4v) is 4.00. The fourth-order valence-electron chi connectivity index (χ4n) is 2.50. The van der Waals surface area contributed by atoms with Gasteiger partial charge in [-0.1, -0.05) is 12.1 Å². The molecule has 0 spiro atoms. The summed E-state index contributed by atoms with van der Waals surface area (Å²) in [6.45, 7) is 6.28. The van der Waals surface area contributed by atoms with Crippen LogP contribution < -0.4 is 5.32 Å². The lowest BCUT2D eigenvalue weighted by molar-refractivity contribution is 0.0602. The third-order valence-corrected chi connectivity index (χ3v) is 5.66. The summed E-state index contributed by atoms with van der Waals surface area (Å²) in [7, 11) is -2.74. The third-order valence-electron chi connectivity index (χ3n) is 3.71. The van der Waals surface area contributed by atoms with E-state index in [1.54, 1.807) is 20.8 Å². The molecule has 0 aromatic heterocycles. The first-order valence-electron chi connectivity index (χ1n) is 7.76. The van der Waals surface area contributed by atoms with Crippen molar-refractivity contribution >= 4 is 22.1 Å². The molecule has 1 atom stereocenters. The minimum atomic E-state index is -3.94. The molecule has 1 aromatic carbocycles. The van der Waals surface area contributed by atoms with Crippen molar-refractivity contribution in [1.29, 1.82) is 0 Å². The van der Waals surface area contributed by atoms with Crippen molar-refractivity contribution in [3.8, 4) is 0 Å². The molecule has 144 valence electrons. The van der Waals surface area contributed by atoms with E-state index in [1.165, 1.54) is 26.1 Å².